The highest BCUT2D eigenvalue weighted by atomic mass is 19.4. The van der Waals surface area contributed by atoms with E-state index in [4.69, 9.17) is 5.26 Å². The van der Waals surface area contributed by atoms with Gasteiger partial charge in [-0.3, -0.25) is 4.90 Å². The average Bonchev–Trinajstić information content (AvgIpc) is 2.17. The quantitative estimate of drug-likeness (QED) is 0.743. The van der Waals surface area contributed by atoms with Crippen LogP contribution in [0, 0.1) is 11.3 Å². The molecule has 0 radical (unpaired) electrons. The highest BCUT2D eigenvalue weighted by Crippen LogP contribution is 2.29. The number of rotatable bonds is 3. The monoisotopic (exact) mass is 228 g/mol. The van der Waals surface area contributed by atoms with Gasteiger partial charge in [0.15, 0.2) is 0 Å². The summed E-state index contributed by atoms with van der Waals surface area (Å²) in [5.41, 5.74) is 0.102. The summed E-state index contributed by atoms with van der Waals surface area (Å²) in [7, 11) is 1.74. The number of hydrogen-bond donors (Lipinski definition) is 0. The van der Waals surface area contributed by atoms with Crippen molar-refractivity contribution in [3.63, 3.8) is 0 Å². The molecule has 0 aliphatic carbocycles. The van der Waals surface area contributed by atoms with Crippen molar-refractivity contribution in [2.45, 2.75) is 12.7 Å². The minimum absolute atomic E-state index is 0.251. The highest BCUT2D eigenvalue weighted by molar-refractivity contribution is 5.24. The SMILES string of the molecule is CN(CC#N)Cc1ccc(C(F)(F)F)cc1. The Morgan fingerprint density at radius 2 is 1.81 bits per heavy atom. The Bertz CT molecular complexity index is 376. The average molecular weight is 228 g/mol. The van der Waals surface area contributed by atoms with Crippen molar-refractivity contribution in [1.82, 2.24) is 4.90 Å². The molecule has 0 aliphatic rings. The van der Waals surface area contributed by atoms with Gasteiger partial charge >= 0.3 is 6.18 Å². The lowest BCUT2D eigenvalue weighted by Gasteiger charge is -2.13. The molecule has 0 bridgehead atoms. The van der Waals surface area contributed by atoms with E-state index in [-0.39, 0.29) is 6.54 Å². The number of benzene rings is 1. The van der Waals surface area contributed by atoms with E-state index in [0.29, 0.717) is 6.54 Å². The minimum Gasteiger partial charge on any atom is -0.289 e. The maximum absolute atomic E-state index is 12.2. The van der Waals surface area contributed by atoms with E-state index in [1.165, 1.54) is 12.1 Å². The molecule has 0 N–H and O–H groups in total. The second kappa shape index (κ2) is 4.99. The third-order valence-corrected chi connectivity index (χ3v) is 2.07. The first-order valence-corrected chi connectivity index (χ1v) is 4.65. The molecular weight excluding hydrogens is 217 g/mol. The summed E-state index contributed by atoms with van der Waals surface area (Å²) in [5, 5.41) is 8.43. The Kier molecular flexibility index (Phi) is 3.91. The Morgan fingerprint density at radius 1 is 1.25 bits per heavy atom. The fraction of sp³-hybridized carbons (Fsp3) is 0.364. The van der Waals surface area contributed by atoms with Crippen molar-refractivity contribution in [2.24, 2.45) is 0 Å². The number of alkyl halides is 3. The number of hydrogen-bond acceptors (Lipinski definition) is 2. The van der Waals surface area contributed by atoms with Crippen LogP contribution in [0.15, 0.2) is 24.3 Å². The topological polar surface area (TPSA) is 27.0 Å². The van der Waals surface area contributed by atoms with E-state index in [9.17, 15) is 13.2 Å². The van der Waals surface area contributed by atoms with Crippen LogP contribution in [0.1, 0.15) is 11.1 Å². The molecule has 0 unspecified atom stereocenters. The molecule has 0 aliphatic heterocycles. The van der Waals surface area contributed by atoms with Crippen LogP contribution in [-0.2, 0) is 12.7 Å². The maximum atomic E-state index is 12.2. The smallest absolute Gasteiger partial charge is 0.289 e. The lowest BCUT2D eigenvalue weighted by atomic mass is 10.1. The summed E-state index contributed by atoms with van der Waals surface area (Å²) in [4.78, 5) is 1.72. The van der Waals surface area contributed by atoms with E-state index >= 15 is 0 Å². The Hall–Kier alpha value is -1.54. The maximum Gasteiger partial charge on any atom is 0.416 e. The largest absolute Gasteiger partial charge is 0.416 e. The van der Waals surface area contributed by atoms with E-state index in [2.05, 4.69) is 0 Å². The van der Waals surface area contributed by atoms with Crippen LogP contribution in [0.25, 0.3) is 0 Å². The van der Waals surface area contributed by atoms with E-state index in [0.717, 1.165) is 17.7 Å². The number of nitriles is 1. The van der Waals surface area contributed by atoms with Crippen LogP contribution in [0.4, 0.5) is 13.2 Å². The summed E-state index contributed by atoms with van der Waals surface area (Å²) in [6.45, 7) is 0.715. The van der Waals surface area contributed by atoms with Gasteiger partial charge < -0.3 is 0 Å². The molecule has 2 nitrogen and oxygen atoms in total. The van der Waals surface area contributed by atoms with Crippen molar-refractivity contribution in [1.29, 1.82) is 5.26 Å². The van der Waals surface area contributed by atoms with Crippen LogP contribution < -0.4 is 0 Å². The first-order chi connectivity index (χ1) is 7.43. The number of nitrogens with zero attached hydrogens (tertiary/aromatic N) is 2. The standard InChI is InChI=1S/C11H11F3N2/c1-16(7-6-15)8-9-2-4-10(5-3-9)11(12,13)14/h2-5H,7-8H2,1H3. The first kappa shape index (κ1) is 12.5. The first-order valence-electron chi connectivity index (χ1n) is 4.65. The zero-order chi connectivity index (χ0) is 12.2. The lowest BCUT2D eigenvalue weighted by molar-refractivity contribution is -0.137. The van der Waals surface area contributed by atoms with Gasteiger partial charge in [0.1, 0.15) is 0 Å². The molecular formula is C11H11F3N2. The lowest BCUT2D eigenvalue weighted by Crippen LogP contribution is -2.17. The second-order valence-corrected chi connectivity index (χ2v) is 3.53. The Labute approximate surface area is 91.9 Å². The van der Waals surface area contributed by atoms with Gasteiger partial charge in [-0.25, -0.2) is 0 Å². The fourth-order valence-electron chi connectivity index (χ4n) is 1.29. The van der Waals surface area contributed by atoms with Gasteiger partial charge in [-0.15, -0.1) is 0 Å². The van der Waals surface area contributed by atoms with Crippen LogP contribution >= 0.6 is 0 Å². The number of halogens is 3. The molecule has 0 amide bonds. The van der Waals surface area contributed by atoms with Crippen molar-refractivity contribution < 1.29 is 13.2 Å². The van der Waals surface area contributed by atoms with Crippen LogP contribution in [0.3, 0.4) is 0 Å². The van der Waals surface area contributed by atoms with Crippen molar-refractivity contribution >= 4 is 0 Å². The molecule has 0 atom stereocenters. The molecule has 0 fully saturated rings. The summed E-state index contributed by atoms with van der Waals surface area (Å²) < 4.78 is 36.7. The van der Waals surface area contributed by atoms with Crippen LogP contribution in [-0.4, -0.2) is 18.5 Å². The fourth-order valence-corrected chi connectivity index (χ4v) is 1.29. The van der Waals surface area contributed by atoms with Gasteiger partial charge in [-0.1, -0.05) is 12.1 Å². The highest BCUT2D eigenvalue weighted by Gasteiger charge is 2.29. The van der Waals surface area contributed by atoms with Gasteiger partial charge in [0.05, 0.1) is 18.2 Å². The van der Waals surface area contributed by atoms with Gasteiger partial charge in [0.2, 0.25) is 0 Å². The molecule has 16 heavy (non-hydrogen) atoms. The van der Waals surface area contributed by atoms with Gasteiger partial charge in [-0.05, 0) is 24.7 Å². The molecule has 5 heteroatoms. The summed E-state index contributed by atoms with van der Waals surface area (Å²) in [6, 6.07) is 6.93. The molecule has 1 aromatic rings. The van der Waals surface area contributed by atoms with Gasteiger partial charge in [-0.2, -0.15) is 18.4 Å². The molecule has 86 valence electrons. The molecule has 0 saturated carbocycles. The normalized spacial score (nSPS) is 11.5. The van der Waals surface area contributed by atoms with Crippen LogP contribution in [0.2, 0.25) is 0 Å². The van der Waals surface area contributed by atoms with E-state index in [1.54, 1.807) is 11.9 Å². The van der Waals surface area contributed by atoms with E-state index < -0.39 is 11.7 Å². The predicted octanol–water partition coefficient (Wildman–Crippen LogP) is 2.66. The van der Waals surface area contributed by atoms with Crippen molar-refractivity contribution in [2.75, 3.05) is 13.6 Å². The van der Waals surface area contributed by atoms with Crippen LogP contribution in [0.5, 0.6) is 0 Å². The molecule has 1 rings (SSSR count). The third-order valence-electron chi connectivity index (χ3n) is 2.07. The zero-order valence-electron chi connectivity index (χ0n) is 8.75. The molecule has 0 heterocycles. The second-order valence-electron chi connectivity index (χ2n) is 3.53. The molecule has 0 aromatic heterocycles. The van der Waals surface area contributed by atoms with Crippen molar-refractivity contribution in [3.05, 3.63) is 35.4 Å². The zero-order valence-corrected chi connectivity index (χ0v) is 8.75. The Balaban J connectivity index is 2.69. The molecule has 0 saturated heterocycles. The summed E-state index contributed by atoms with van der Waals surface area (Å²) in [6.07, 6.45) is -4.29. The predicted molar refractivity (Wildman–Crippen MR) is 53.4 cm³/mol. The summed E-state index contributed by atoms with van der Waals surface area (Å²) >= 11 is 0. The summed E-state index contributed by atoms with van der Waals surface area (Å²) in [5.74, 6) is 0. The molecule has 1 aromatic carbocycles. The van der Waals surface area contributed by atoms with Gasteiger partial charge in [0.25, 0.3) is 0 Å². The molecule has 0 spiro atoms. The van der Waals surface area contributed by atoms with Gasteiger partial charge in [0, 0.05) is 6.54 Å². The minimum atomic E-state index is -4.29. The Morgan fingerprint density at radius 3 is 2.25 bits per heavy atom. The van der Waals surface area contributed by atoms with E-state index in [1.807, 2.05) is 6.07 Å². The third kappa shape index (κ3) is 3.55. The van der Waals surface area contributed by atoms with Crippen molar-refractivity contribution in [3.8, 4) is 6.07 Å².